The summed E-state index contributed by atoms with van der Waals surface area (Å²) in [5, 5.41) is 21.0. The molecular weight excluding hydrogens is 702 g/mol. The van der Waals surface area contributed by atoms with Gasteiger partial charge in [-0.15, -0.1) is 0 Å². The molecule has 5 aromatic carbocycles. The highest BCUT2D eigenvalue weighted by Gasteiger charge is 2.38. The molecule has 0 fully saturated rings. The lowest BCUT2D eigenvalue weighted by atomic mass is 10.0. The van der Waals surface area contributed by atoms with Crippen molar-refractivity contribution in [3.05, 3.63) is 128 Å². The zero-order valence-corrected chi connectivity index (χ0v) is 32.8. The van der Waals surface area contributed by atoms with E-state index in [0.29, 0.717) is 67.1 Å². The first-order chi connectivity index (χ1) is 24.4. The van der Waals surface area contributed by atoms with E-state index >= 15 is 0 Å². The summed E-state index contributed by atoms with van der Waals surface area (Å²) in [4.78, 5) is 0. The highest BCUT2D eigenvalue weighted by molar-refractivity contribution is 7.50. The van der Waals surface area contributed by atoms with Crippen LogP contribution in [0.4, 0.5) is 0 Å². The Balaban J connectivity index is 1.55. The average molecular weight is 747 g/mol. The zero-order valence-electron chi connectivity index (χ0n) is 31.0. The standard InChI is InChI=1S/C40H44O10P2/c1-23-14-11-15-24(2)39(23)49-51(43,47-35-20-27(5)37(41)31(9)29(35)7)45-33-18-13-19-34(22-33)46-52(44,50-40-25(3)16-12-17-26(40)4)48-36-21-28(6)38(42)32(10)30(36)8/h11-22,41-42H,1-10H3. The first kappa shape index (κ1) is 38.2. The number of phenols is 2. The van der Waals surface area contributed by atoms with Gasteiger partial charge in [-0.3, -0.25) is 0 Å². The fourth-order valence-corrected chi connectivity index (χ4v) is 8.41. The number of phenolic OH excluding ortho intramolecular Hbond substituents is 2. The van der Waals surface area contributed by atoms with Crippen molar-refractivity contribution in [3.63, 3.8) is 0 Å². The maximum atomic E-state index is 14.7. The van der Waals surface area contributed by atoms with Crippen LogP contribution in [0.15, 0.2) is 72.8 Å². The molecule has 0 amide bonds. The molecule has 2 unspecified atom stereocenters. The first-order valence-electron chi connectivity index (χ1n) is 16.6. The second-order valence-electron chi connectivity index (χ2n) is 12.9. The van der Waals surface area contributed by atoms with E-state index in [4.69, 9.17) is 27.1 Å². The van der Waals surface area contributed by atoms with Crippen LogP contribution in [0.5, 0.6) is 46.0 Å². The number of phosphoric acid groups is 2. The monoisotopic (exact) mass is 746 g/mol. The minimum Gasteiger partial charge on any atom is -0.507 e. The molecule has 0 aliphatic rings. The summed E-state index contributed by atoms with van der Waals surface area (Å²) in [5.74, 6) is 1.24. The zero-order chi connectivity index (χ0) is 38.1. The number of para-hydroxylation sites is 2. The van der Waals surface area contributed by atoms with E-state index < -0.39 is 15.6 Å². The molecule has 52 heavy (non-hydrogen) atoms. The van der Waals surface area contributed by atoms with Crippen LogP contribution in [0.25, 0.3) is 0 Å². The summed E-state index contributed by atoms with van der Waals surface area (Å²) >= 11 is 0. The molecule has 0 heterocycles. The molecule has 12 heteroatoms. The Morgan fingerprint density at radius 2 is 0.731 bits per heavy atom. The number of phosphoric ester groups is 2. The molecule has 0 spiro atoms. The highest BCUT2D eigenvalue weighted by Crippen LogP contribution is 2.55. The maximum Gasteiger partial charge on any atom is 0.647 e. The quantitative estimate of drug-likeness (QED) is 0.119. The molecule has 0 bridgehead atoms. The van der Waals surface area contributed by atoms with Crippen LogP contribution in [0, 0.1) is 69.2 Å². The van der Waals surface area contributed by atoms with Gasteiger partial charge in [-0.05, 0) is 149 Å². The van der Waals surface area contributed by atoms with Crippen LogP contribution in [0.3, 0.4) is 0 Å². The van der Waals surface area contributed by atoms with Crippen molar-refractivity contribution in [2.75, 3.05) is 0 Å². The first-order valence-corrected chi connectivity index (χ1v) is 19.5. The number of aryl methyl sites for hydroxylation is 6. The van der Waals surface area contributed by atoms with Crippen molar-refractivity contribution < 1.29 is 46.5 Å². The third-order valence-corrected chi connectivity index (χ3v) is 11.4. The van der Waals surface area contributed by atoms with Crippen molar-refractivity contribution in [2.24, 2.45) is 0 Å². The molecule has 5 aromatic rings. The van der Waals surface area contributed by atoms with E-state index in [9.17, 15) is 19.3 Å². The van der Waals surface area contributed by atoms with Gasteiger partial charge < -0.3 is 37.4 Å². The Morgan fingerprint density at radius 1 is 0.404 bits per heavy atom. The molecule has 0 saturated heterocycles. The number of aromatic hydroxyl groups is 2. The largest absolute Gasteiger partial charge is 0.647 e. The molecule has 2 atom stereocenters. The van der Waals surface area contributed by atoms with Crippen molar-refractivity contribution in [2.45, 2.75) is 69.2 Å². The fraction of sp³-hybridized carbons (Fsp3) is 0.250. The normalized spacial score (nSPS) is 13.4. The summed E-state index contributed by atoms with van der Waals surface area (Å²) in [5.41, 5.74) is 6.05. The minimum atomic E-state index is -4.53. The smallest absolute Gasteiger partial charge is 0.507 e. The minimum absolute atomic E-state index is 0.00284. The van der Waals surface area contributed by atoms with Gasteiger partial charge in [0, 0.05) is 6.07 Å². The van der Waals surface area contributed by atoms with E-state index in [2.05, 4.69) is 0 Å². The molecule has 0 saturated carbocycles. The average Bonchev–Trinajstić information content (AvgIpc) is 3.08. The van der Waals surface area contributed by atoms with Gasteiger partial charge in [-0.2, -0.15) is 9.13 Å². The lowest BCUT2D eigenvalue weighted by Crippen LogP contribution is -2.11. The number of benzene rings is 5. The van der Waals surface area contributed by atoms with Crippen LogP contribution in [0.2, 0.25) is 0 Å². The Morgan fingerprint density at radius 3 is 1.08 bits per heavy atom. The third-order valence-electron chi connectivity index (χ3n) is 8.90. The molecule has 274 valence electrons. The van der Waals surface area contributed by atoms with E-state index in [1.807, 2.05) is 64.1 Å². The van der Waals surface area contributed by atoms with E-state index in [0.717, 1.165) is 0 Å². The van der Waals surface area contributed by atoms with Crippen molar-refractivity contribution in [1.29, 1.82) is 0 Å². The predicted molar refractivity (Wildman–Crippen MR) is 202 cm³/mol. The second kappa shape index (κ2) is 14.9. The molecule has 5 rings (SSSR count). The van der Waals surface area contributed by atoms with Gasteiger partial charge in [0.25, 0.3) is 0 Å². The van der Waals surface area contributed by atoms with Gasteiger partial charge in [0.15, 0.2) is 0 Å². The summed E-state index contributed by atoms with van der Waals surface area (Å²) in [6.07, 6.45) is 0. The summed E-state index contributed by atoms with van der Waals surface area (Å²) in [6, 6.07) is 20.0. The molecule has 0 aliphatic heterocycles. The fourth-order valence-electron chi connectivity index (χ4n) is 5.56. The molecule has 10 nitrogen and oxygen atoms in total. The molecule has 0 radical (unpaired) electrons. The second-order valence-corrected chi connectivity index (χ2v) is 15.8. The number of hydrogen-bond donors (Lipinski definition) is 2. The van der Waals surface area contributed by atoms with Crippen LogP contribution in [-0.2, 0) is 9.13 Å². The maximum absolute atomic E-state index is 14.7. The molecule has 2 N–H and O–H groups in total. The van der Waals surface area contributed by atoms with Crippen LogP contribution in [0.1, 0.15) is 55.6 Å². The van der Waals surface area contributed by atoms with Gasteiger partial charge >= 0.3 is 15.6 Å². The van der Waals surface area contributed by atoms with E-state index in [-0.39, 0.29) is 34.5 Å². The molecular formula is C40H44O10P2. The number of rotatable bonds is 12. The lowest BCUT2D eigenvalue weighted by molar-refractivity contribution is 0.292. The Bertz CT molecular complexity index is 2070. The van der Waals surface area contributed by atoms with Gasteiger partial charge in [-0.1, -0.05) is 42.5 Å². The Kier molecular flexibility index (Phi) is 10.9. The summed E-state index contributed by atoms with van der Waals surface area (Å²) < 4.78 is 65.8. The summed E-state index contributed by atoms with van der Waals surface area (Å²) in [7, 11) is -9.06. The van der Waals surface area contributed by atoms with E-state index in [1.54, 1.807) is 59.7 Å². The molecule has 0 aromatic heterocycles. The van der Waals surface area contributed by atoms with Gasteiger partial charge in [-0.25, -0.2) is 0 Å². The SMILES string of the molecule is Cc1cc(OP(=O)(Oc2cccc(OP(=O)(Oc3cc(C)c(O)c(C)c3C)Oc3c(C)cccc3C)c2)Oc2c(C)cccc2C)c(C)c(C)c1O. The van der Waals surface area contributed by atoms with Gasteiger partial charge in [0.2, 0.25) is 0 Å². The van der Waals surface area contributed by atoms with Crippen molar-refractivity contribution >= 4 is 15.6 Å². The molecule has 0 aliphatic carbocycles. The van der Waals surface area contributed by atoms with Gasteiger partial charge in [0.1, 0.15) is 46.0 Å². The van der Waals surface area contributed by atoms with Crippen molar-refractivity contribution in [3.8, 4) is 46.0 Å². The van der Waals surface area contributed by atoms with Crippen molar-refractivity contribution in [1.82, 2.24) is 0 Å². The Labute approximate surface area is 305 Å². The Hall–Kier alpha value is -5.04. The van der Waals surface area contributed by atoms with Crippen LogP contribution in [-0.4, -0.2) is 10.2 Å². The highest BCUT2D eigenvalue weighted by atomic mass is 31.2. The third kappa shape index (κ3) is 8.20. The topological polar surface area (TPSA) is 130 Å². The van der Waals surface area contributed by atoms with E-state index in [1.165, 1.54) is 18.2 Å². The number of hydrogen-bond acceptors (Lipinski definition) is 10. The van der Waals surface area contributed by atoms with Crippen LogP contribution < -0.4 is 27.1 Å². The predicted octanol–water partition coefficient (Wildman–Crippen LogP) is 11.5. The lowest BCUT2D eigenvalue weighted by Gasteiger charge is -2.24. The van der Waals surface area contributed by atoms with Crippen LogP contribution >= 0.6 is 15.6 Å². The van der Waals surface area contributed by atoms with Gasteiger partial charge in [0.05, 0.1) is 0 Å². The summed E-state index contributed by atoms with van der Waals surface area (Å²) in [6.45, 7) is 17.6.